The molecule has 27 heavy (non-hydrogen) atoms. The van der Waals surface area contributed by atoms with Gasteiger partial charge in [0.25, 0.3) is 0 Å². The van der Waals surface area contributed by atoms with Crippen LogP contribution >= 0.6 is 0 Å². The van der Waals surface area contributed by atoms with Gasteiger partial charge in [-0.2, -0.15) is 26.3 Å². The minimum absolute atomic E-state index is 0.0854. The van der Waals surface area contributed by atoms with Crippen LogP contribution in [0.25, 0.3) is 0 Å². The molecule has 0 amide bonds. The Labute approximate surface area is 156 Å². The number of halogens is 6. The zero-order valence-electron chi connectivity index (χ0n) is 15.5. The summed E-state index contributed by atoms with van der Waals surface area (Å²) in [4.78, 5) is 0. The Morgan fingerprint density at radius 2 is 1.00 bits per heavy atom. The molecular formula is C17H24F6O3Si. The number of hydrogen-bond donors (Lipinski definition) is 0. The van der Waals surface area contributed by atoms with Gasteiger partial charge in [0, 0.05) is 25.0 Å². The van der Waals surface area contributed by atoms with E-state index in [-0.39, 0.29) is 31.1 Å². The maximum Gasteiger partial charge on any atom is 0.537 e. The van der Waals surface area contributed by atoms with Gasteiger partial charge in [0.2, 0.25) is 0 Å². The van der Waals surface area contributed by atoms with Crippen LogP contribution in [0.4, 0.5) is 26.3 Å². The van der Waals surface area contributed by atoms with E-state index < -0.39 is 32.3 Å². The highest BCUT2D eigenvalue weighted by molar-refractivity contribution is 6.75. The average molecular weight is 418 g/mol. The summed E-state index contributed by atoms with van der Waals surface area (Å²) in [7, 11) is -3.95. The first-order chi connectivity index (χ1) is 12.5. The van der Waals surface area contributed by atoms with Gasteiger partial charge in [0.05, 0.1) is 11.1 Å². The lowest BCUT2D eigenvalue weighted by molar-refractivity contribution is -0.143. The Morgan fingerprint density at radius 3 is 1.26 bits per heavy atom. The molecule has 10 heteroatoms. The molecule has 156 valence electrons. The number of alkyl halides is 6. The van der Waals surface area contributed by atoms with Gasteiger partial charge in [-0.05, 0) is 37.5 Å². The third-order valence-corrected chi connectivity index (χ3v) is 6.18. The van der Waals surface area contributed by atoms with Crippen LogP contribution in [0.3, 0.4) is 0 Å². The van der Waals surface area contributed by atoms with Gasteiger partial charge < -0.3 is 13.3 Å². The van der Waals surface area contributed by atoms with E-state index in [0.29, 0.717) is 31.4 Å². The van der Waals surface area contributed by atoms with E-state index >= 15 is 0 Å². The Kier molecular flexibility index (Phi) is 8.78. The third-order valence-electron chi connectivity index (χ3n) is 3.43. The van der Waals surface area contributed by atoms with Crippen molar-refractivity contribution in [1.82, 2.24) is 0 Å². The van der Waals surface area contributed by atoms with Gasteiger partial charge >= 0.3 is 21.2 Å². The molecule has 1 rings (SSSR count). The summed E-state index contributed by atoms with van der Waals surface area (Å²) < 4.78 is 96.2. The van der Waals surface area contributed by atoms with Crippen LogP contribution in [0.1, 0.15) is 51.2 Å². The van der Waals surface area contributed by atoms with E-state index in [1.807, 2.05) is 0 Å². The molecule has 0 saturated heterocycles. The van der Waals surface area contributed by atoms with Crippen LogP contribution in [0.5, 0.6) is 0 Å². The first-order valence-corrected chi connectivity index (χ1v) is 10.4. The summed E-state index contributed by atoms with van der Waals surface area (Å²) in [5.74, 6) is 0. The molecule has 0 bridgehead atoms. The minimum atomic E-state index is -4.95. The SMILES string of the molecule is CCCO[Si](OCCC)(OCCC)c1cc(C(F)(F)F)cc(C(F)(F)F)c1. The quantitative estimate of drug-likeness (QED) is 0.389. The normalized spacial score (nSPS) is 13.2. The lowest BCUT2D eigenvalue weighted by Crippen LogP contribution is -2.57. The molecule has 0 aliphatic heterocycles. The van der Waals surface area contributed by atoms with E-state index in [0.717, 1.165) is 0 Å². The van der Waals surface area contributed by atoms with Crippen molar-refractivity contribution in [2.45, 2.75) is 52.4 Å². The van der Waals surface area contributed by atoms with Gasteiger partial charge in [-0.1, -0.05) is 20.8 Å². The lowest BCUT2D eigenvalue weighted by Gasteiger charge is -2.30. The van der Waals surface area contributed by atoms with Crippen LogP contribution < -0.4 is 5.19 Å². The Bertz CT molecular complexity index is 535. The third kappa shape index (κ3) is 6.77. The molecule has 1 aromatic rings. The topological polar surface area (TPSA) is 27.7 Å². The summed E-state index contributed by atoms with van der Waals surface area (Å²) in [5.41, 5.74) is -2.83. The first-order valence-electron chi connectivity index (χ1n) is 8.72. The molecule has 0 aromatic heterocycles. The molecule has 0 spiro atoms. The van der Waals surface area contributed by atoms with Gasteiger partial charge in [-0.25, -0.2) is 0 Å². The lowest BCUT2D eigenvalue weighted by atomic mass is 10.1. The standard InChI is InChI=1S/C17H24F6O3Si/c1-4-7-24-27(25-8-5-2,26-9-6-3)15-11-13(16(18,19)20)10-14(12-15)17(21,22)23/h10-12H,4-9H2,1-3H3. The van der Waals surface area contributed by atoms with Crippen molar-refractivity contribution in [3.8, 4) is 0 Å². The fourth-order valence-electron chi connectivity index (χ4n) is 2.22. The molecule has 1 aromatic carbocycles. The highest BCUT2D eigenvalue weighted by atomic mass is 28.4. The van der Waals surface area contributed by atoms with Gasteiger partial charge in [0.1, 0.15) is 0 Å². The van der Waals surface area contributed by atoms with Crippen LogP contribution in [-0.2, 0) is 25.6 Å². The average Bonchev–Trinajstić information content (AvgIpc) is 2.59. The second-order valence-corrected chi connectivity index (χ2v) is 8.45. The summed E-state index contributed by atoms with van der Waals surface area (Å²) in [6.07, 6.45) is -8.38. The summed E-state index contributed by atoms with van der Waals surface area (Å²) >= 11 is 0. The monoisotopic (exact) mass is 418 g/mol. The summed E-state index contributed by atoms with van der Waals surface area (Å²) in [6, 6.07) is 1.37. The van der Waals surface area contributed by atoms with Crippen molar-refractivity contribution >= 4 is 14.0 Å². The maximum absolute atomic E-state index is 13.2. The second-order valence-electron chi connectivity index (χ2n) is 5.90. The molecule has 0 radical (unpaired) electrons. The largest absolute Gasteiger partial charge is 0.537 e. The molecule has 0 atom stereocenters. The first kappa shape index (κ1) is 23.9. The molecule has 0 saturated carbocycles. The van der Waals surface area contributed by atoms with E-state index in [1.165, 1.54) is 0 Å². The predicted octanol–water partition coefficient (Wildman–Crippen LogP) is 5.15. The van der Waals surface area contributed by atoms with Gasteiger partial charge in [0.15, 0.2) is 0 Å². The van der Waals surface area contributed by atoms with Crippen molar-refractivity contribution < 1.29 is 39.6 Å². The van der Waals surface area contributed by atoms with Crippen molar-refractivity contribution in [3.63, 3.8) is 0 Å². The smallest absolute Gasteiger partial charge is 0.370 e. The minimum Gasteiger partial charge on any atom is -0.370 e. The Hall–Kier alpha value is -1.10. The van der Waals surface area contributed by atoms with Crippen LogP contribution in [0.2, 0.25) is 0 Å². The molecule has 0 N–H and O–H groups in total. The van der Waals surface area contributed by atoms with Crippen molar-refractivity contribution in [1.29, 1.82) is 0 Å². The predicted molar refractivity (Wildman–Crippen MR) is 90.6 cm³/mol. The fraction of sp³-hybridized carbons (Fsp3) is 0.647. The zero-order chi connectivity index (χ0) is 20.7. The van der Waals surface area contributed by atoms with E-state index in [1.54, 1.807) is 20.8 Å². The highest BCUT2D eigenvalue weighted by Crippen LogP contribution is 2.35. The highest BCUT2D eigenvalue weighted by Gasteiger charge is 2.47. The van der Waals surface area contributed by atoms with Crippen molar-refractivity contribution in [2.75, 3.05) is 19.8 Å². The molecule has 0 fully saturated rings. The van der Waals surface area contributed by atoms with E-state index in [4.69, 9.17) is 13.3 Å². The van der Waals surface area contributed by atoms with Gasteiger partial charge in [-0.3, -0.25) is 0 Å². The molecule has 0 aliphatic carbocycles. The Morgan fingerprint density at radius 1 is 0.667 bits per heavy atom. The molecule has 0 aliphatic rings. The van der Waals surface area contributed by atoms with Crippen LogP contribution in [-0.4, -0.2) is 28.6 Å². The molecular weight excluding hydrogens is 394 g/mol. The molecule has 0 unspecified atom stereocenters. The molecule has 3 nitrogen and oxygen atoms in total. The molecule has 0 heterocycles. The fourth-order valence-corrected chi connectivity index (χ4v) is 5.05. The number of hydrogen-bond acceptors (Lipinski definition) is 3. The maximum atomic E-state index is 13.2. The Balaban J connectivity index is 3.60. The van der Waals surface area contributed by atoms with E-state index in [2.05, 4.69) is 0 Å². The van der Waals surface area contributed by atoms with Crippen molar-refractivity contribution in [3.05, 3.63) is 29.3 Å². The van der Waals surface area contributed by atoms with Gasteiger partial charge in [-0.15, -0.1) is 0 Å². The van der Waals surface area contributed by atoms with Crippen LogP contribution in [0, 0.1) is 0 Å². The zero-order valence-corrected chi connectivity index (χ0v) is 16.5. The van der Waals surface area contributed by atoms with E-state index in [9.17, 15) is 26.3 Å². The summed E-state index contributed by atoms with van der Waals surface area (Å²) in [6.45, 7) is 5.59. The number of benzene rings is 1. The number of rotatable bonds is 10. The second kappa shape index (κ2) is 9.90. The van der Waals surface area contributed by atoms with Crippen molar-refractivity contribution in [2.24, 2.45) is 0 Å². The van der Waals surface area contributed by atoms with Crippen LogP contribution in [0.15, 0.2) is 18.2 Å². The summed E-state index contributed by atoms with van der Waals surface area (Å²) in [5, 5.41) is -0.333.